The first-order valence-corrected chi connectivity index (χ1v) is 21.1. The zero-order valence-corrected chi connectivity index (χ0v) is 32.7. The Kier molecular flexibility index (Phi) is 6.98. The third-order valence-corrected chi connectivity index (χ3v) is 13.6. The van der Waals surface area contributed by atoms with Crippen molar-refractivity contribution in [3.8, 4) is 44.8 Å². The summed E-state index contributed by atoms with van der Waals surface area (Å²) >= 11 is 1.89. The third-order valence-electron chi connectivity index (χ3n) is 12.5. The van der Waals surface area contributed by atoms with Gasteiger partial charge in [0.15, 0.2) is 0 Å². The summed E-state index contributed by atoms with van der Waals surface area (Å²) in [4.78, 5) is 2.58. The summed E-state index contributed by atoms with van der Waals surface area (Å²) < 4.78 is 4.92. The van der Waals surface area contributed by atoms with Gasteiger partial charge in [0.2, 0.25) is 0 Å². The molecule has 0 aliphatic carbocycles. The van der Waals surface area contributed by atoms with Gasteiger partial charge in [-0.05, 0) is 116 Å². The van der Waals surface area contributed by atoms with Crippen LogP contribution in [0.5, 0.6) is 0 Å². The van der Waals surface area contributed by atoms with E-state index in [-0.39, 0.29) is 0 Å². The van der Waals surface area contributed by atoms with Crippen LogP contribution in [0.1, 0.15) is 0 Å². The van der Waals surface area contributed by atoms with E-state index in [2.05, 4.69) is 215 Å². The van der Waals surface area contributed by atoms with Crippen LogP contribution in [0, 0.1) is 0 Å². The molecule has 12 aromatic rings. The van der Waals surface area contributed by atoms with Crippen molar-refractivity contribution in [1.82, 2.24) is 9.13 Å². The summed E-state index contributed by atoms with van der Waals surface area (Å²) in [6, 6.07) is 76.2. The average molecular weight is 767 g/mol. The van der Waals surface area contributed by atoms with Crippen LogP contribution in [-0.2, 0) is 0 Å². The Morgan fingerprint density at radius 1 is 0.288 bits per heavy atom. The van der Waals surface area contributed by atoms with Crippen molar-refractivity contribution in [2.75, 3.05) is 0 Å². The lowest BCUT2D eigenvalue weighted by atomic mass is 9.94. The molecule has 1 aliphatic heterocycles. The van der Waals surface area contributed by atoms with Crippen LogP contribution in [0.2, 0.25) is 0 Å². The molecule has 2 aromatic heterocycles. The summed E-state index contributed by atoms with van der Waals surface area (Å²) in [6.07, 6.45) is 0. The van der Waals surface area contributed by atoms with Crippen LogP contribution in [0.3, 0.4) is 0 Å². The summed E-state index contributed by atoms with van der Waals surface area (Å²) in [6.45, 7) is 0. The molecule has 274 valence electrons. The lowest BCUT2D eigenvalue weighted by Gasteiger charge is -2.22. The molecule has 0 atom stereocenters. The number of hydrogen-bond acceptors (Lipinski definition) is 1. The fourth-order valence-corrected chi connectivity index (χ4v) is 11.0. The fourth-order valence-electron chi connectivity index (χ4n) is 9.81. The molecular weight excluding hydrogens is 733 g/mol. The molecule has 10 aromatic carbocycles. The summed E-state index contributed by atoms with van der Waals surface area (Å²) in [5.74, 6) is 0. The summed E-state index contributed by atoms with van der Waals surface area (Å²) in [7, 11) is 0. The van der Waals surface area contributed by atoms with Gasteiger partial charge >= 0.3 is 0 Å². The highest BCUT2D eigenvalue weighted by Gasteiger charge is 2.25. The largest absolute Gasteiger partial charge is 0.309 e. The van der Waals surface area contributed by atoms with Gasteiger partial charge in [-0.3, -0.25) is 0 Å². The molecule has 0 bridgehead atoms. The number of aromatic nitrogens is 2. The van der Waals surface area contributed by atoms with Crippen molar-refractivity contribution in [2.24, 2.45) is 0 Å². The number of para-hydroxylation sites is 2. The number of hydrogen-bond donors (Lipinski definition) is 0. The molecule has 13 rings (SSSR count). The van der Waals surface area contributed by atoms with Crippen LogP contribution in [0.25, 0.3) is 110 Å². The zero-order chi connectivity index (χ0) is 38.6. The Balaban J connectivity index is 0.991. The van der Waals surface area contributed by atoms with Gasteiger partial charge in [0, 0.05) is 48.1 Å². The number of rotatable bonds is 4. The molecule has 0 saturated heterocycles. The van der Waals surface area contributed by atoms with E-state index in [1.165, 1.54) is 120 Å². The molecule has 2 nitrogen and oxygen atoms in total. The number of benzene rings is 10. The molecular formula is C56H34N2S. The zero-order valence-electron chi connectivity index (χ0n) is 31.9. The average Bonchev–Trinajstić information content (AvgIpc) is 3.82. The minimum Gasteiger partial charge on any atom is -0.309 e. The van der Waals surface area contributed by atoms with Crippen LogP contribution >= 0.6 is 11.8 Å². The lowest BCUT2D eigenvalue weighted by Crippen LogP contribution is -1.99. The maximum absolute atomic E-state index is 2.47. The van der Waals surface area contributed by atoms with Gasteiger partial charge in [0.05, 0.1) is 22.1 Å². The second-order valence-electron chi connectivity index (χ2n) is 15.7. The predicted molar refractivity (Wildman–Crippen MR) is 251 cm³/mol. The van der Waals surface area contributed by atoms with Gasteiger partial charge in [-0.2, -0.15) is 0 Å². The van der Waals surface area contributed by atoms with E-state index in [0.717, 1.165) is 0 Å². The van der Waals surface area contributed by atoms with Crippen molar-refractivity contribution in [3.05, 3.63) is 206 Å². The fraction of sp³-hybridized carbons (Fsp3) is 0. The minimum atomic E-state index is 1.17. The molecule has 3 heteroatoms. The predicted octanol–water partition coefficient (Wildman–Crippen LogP) is 15.7. The summed E-state index contributed by atoms with van der Waals surface area (Å²) in [5, 5.41) is 10.2. The third kappa shape index (κ3) is 4.89. The monoisotopic (exact) mass is 766 g/mol. The first kappa shape index (κ1) is 32.7. The van der Waals surface area contributed by atoms with Gasteiger partial charge in [-0.1, -0.05) is 151 Å². The van der Waals surface area contributed by atoms with E-state index in [0.29, 0.717) is 0 Å². The van der Waals surface area contributed by atoms with Crippen molar-refractivity contribution < 1.29 is 0 Å². The molecule has 0 radical (unpaired) electrons. The van der Waals surface area contributed by atoms with Crippen molar-refractivity contribution in [2.45, 2.75) is 9.79 Å². The molecule has 0 N–H and O–H groups in total. The topological polar surface area (TPSA) is 9.86 Å². The number of fused-ring (bicyclic) bond motifs is 10. The molecule has 59 heavy (non-hydrogen) atoms. The highest BCUT2D eigenvalue weighted by Crippen LogP contribution is 2.52. The van der Waals surface area contributed by atoms with Gasteiger partial charge in [-0.25, -0.2) is 0 Å². The SMILES string of the molecule is c1ccc(-c2cccc(-c3ccc4c(c3)c3ccccc3n4-c3ccc4c(c3)Sc3cccc5c3c-4cc3c5c4ccccc4n3-c3ccc4ccccc4c3)c2)cc1. The van der Waals surface area contributed by atoms with Gasteiger partial charge in [0.1, 0.15) is 0 Å². The first-order valence-electron chi connectivity index (χ1n) is 20.2. The maximum atomic E-state index is 2.47. The van der Waals surface area contributed by atoms with Gasteiger partial charge in [-0.15, -0.1) is 0 Å². The standard InChI is InChI=1S/C56H34N2S/c1-2-12-35(13-3-1)37-16-10-17-38(30-37)40-25-29-51-47(32-40)43-18-6-8-21-49(43)57(51)42-27-28-44-48-34-52-55(46-20-11-23-53(56(46)48)59-54(44)33-42)45-19-7-9-22-50(45)58(52)41-26-24-36-14-4-5-15-39(36)31-41/h1-34H. The molecule has 0 unspecified atom stereocenters. The second-order valence-corrected chi connectivity index (χ2v) is 16.8. The highest BCUT2D eigenvalue weighted by molar-refractivity contribution is 7.99. The quantitative estimate of drug-likeness (QED) is 0.173. The smallest absolute Gasteiger partial charge is 0.0553 e. The molecule has 0 amide bonds. The van der Waals surface area contributed by atoms with Crippen LogP contribution in [0.4, 0.5) is 0 Å². The Morgan fingerprint density at radius 2 is 0.915 bits per heavy atom. The van der Waals surface area contributed by atoms with Crippen molar-refractivity contribution in [3.63, 3.8) is 0 Å². The van der Waals surface area contributed by atoms with Gasteiger partial charge in [0.25, 0.3) is 0 Å². The van der Waals surface area contributed by atoms with Crippen LogP contribution in [-0.4, -0.2) is 9.13 Å². The van der Waals surface area contributed by atoms with E-state index >= 15 is 0 Å². The first-order chi connectivity index (χ1) is 29.2. The van der Waals surface area contributed by atoms with E-state index in [9.17, 15) is 0 Å². The minimum absolute atomic E-state index is 1.17. The van der Waals surface area contributed by atoms with E-state index < -0.39 is 0 Å². The Labute approximate surface area is 345 Å². The summed E-state index contributed by atoms with van der Waals surface area (Å²) in [5.41, 5.74) is 14.7. The van der Waals surface area contributed by atoms with Gasteiger partial charge < -0.3 is 9.13 Å². The molecule has 0 spiro atoms. The Bertz CT molecular complexity index is 3700. The number of nitrogens with zero attached hydrogens (tertiary/aromatic N) is 2. The maximum Gasteiger partial charge on any atom is 0.0553 e. The molecule has 0 fully saturated rings. The van der Waals surface area contributed by atoms with E-state index in [4.69, 9.17) is 0 Å². The highest BCUT2D eigenvalue weighted by atomic mass is 32.2. The van der Waals surface area contributed by atoms with Crippen LogP contribution < -0.4 is 0 Å². The van der Waals surface area contributed by atoms with Crippen molar-refractivity contribution >= 4 is 76.9 Å². The van der Waals surface area contributed by atoms with E-state index in [1.807, 2.05) is 11.8 Å². The Morgan fingerprint density at radius 3 is 1.80 bits per heavy atom. The Hall–Kier alpha value is -7.33. The van der Waals surface area contributed by atoms with E-state index in [1.54, 1.807) is 0 Å². The lowest BCUT2D eigenvalue weighted by molar-refractivity contribution is 1.16. The molecule has 1 aliphatic rings. The van der Waals surface area contributed by atoms with Crippen LogP contribution in [0.15, 0.2) is 216 Å². The molecule has 3 heterocycles. The normalized spacial score (nSPS) is 12.3. The van der Waals surface area contributed by atoms with Crippen molar-refractivity contribution in [1.29, 1.82) is 0 Å². The molecule has 0 saturated carbocycles. The second kappa shape index (κ2) is 12.6.